The molecule has 1 N–H and O–H groups in total. The van der Waals surface area contributed by atoms with Gasteiger partial charge in [0, 0.05) is 10.7 Å². The molecule has 11 nitrogen and oxygen atoms in total. The Balaban J connectivity index is 2.04. The number of ether oxygens (including phenoxy) is 3. The van der Waals surface area contributed by atoms with E-state index >= 15 is 0 Å². The molecular formula is C21H17ClN4O7. The second kappa shape index (κ2) is 9.92. The van der Waals surface area contributed by atoms with Crippen molar-refractivity contribution in [3.63, 3.8) is 0 Å². The van der Waals surface area contributed by atoms with Crippen molar-refractivity contribution in [3.8, 4) is 11.6 Å². The van der Waals surface area contributed by atoms with Crippen LogP contribution in [0.3, 0.4) is 0 Å². The molecule has 0 atom stereocenters. The molecule has 0 aliphatic rings. The average molecular weight is 473 g/mol. The van der Waals surface area contributed by atoms with Crippen molar-refractivity contribution >= 4 is 40.7 Å². The minimum absolute atomic E-state index is 0.0210. The van der Waals surface area contributed by atoms with Crippen LogP contribution in [0.4, 0.5) is 17.2 Å². The second-order valence-corrected chi connectivity index (χ2v) is 6.96. The Kier molecular flexibility index (Phi) is 7.04. The van der Waals surface area contributed by atoms with Crippen LogP contribution in [0.1, 0.15) is 26.3 Å². The van der Waals surface area contributed by atoms with Crippen LogP contribution in [0, 0.1) is 17.0 Å². The van der Waals surface area contributed by atoms with E-state index in [-0.39, 0.29) is 34.3 Å². The molecule has 2 aromatic carbocycles. The highest BCUT2D eigenvalue weighted by Crippen LogP contribution is 2.36. The van der Waals surface area contributed by atoms with Crippen molar-refractivity contribution in [3.05, 3.63) is 74.6 Å². The maximum Gasteiger partial charge on any atom is 0.373 e. The highest BCUT2D eigenvalue weighted by molar-refractivity contribution is 6.31. The molecule has 0 amide bonds. The van der Waals surface area contributed by atoms with E-state index in [1.165, 1.54) is 38.5 Å². The molecule has 0 bridgehead atoms. The summed E-state index contributed by atoms with van der Waals surface area (Å²) in [5.41, 5.74) is 0.334. The van der Waals surface area contributed by atoms with E-state index in [9.17, 15) is 19.7 Å². The largest absolute Gasteiger partial charge is 0.465 e. The van der Waals surface area contributed by atoms with E-state index in [4.69, 9.17) is 25.8 Å². The molecule has 0 saturated heterocycles. The van der Waals surface area contributed by atoms with Gasteiger partial charge in [-0.15, -0.1) is 0 Å². The predicted octanol–water partition coefficient (Wildman–Crippen LogP) is 4.46. The SMILES string of the molecule is COC(=O)c1cc(Nc2ncnc(Oc3ccc(Cl)c(C)c3)c2[N+](=O)[O-])cc(C(=O)OC)c1. The molecule has 0 spiro atoms. The van der Waals surface area contributed by atoms with Gasteiger partial charge >= 0.3 is 23.5 Å². The molecule has 3 aromatic rings. The van der Waals surface area contributed by atoms with Gasteiger partial charge in [-0.1, -0.05) is 11.6 Å². The lowest BCUT2D eigenvalue weighted by Gasteiger charge is -2.12. The third-order valence-electron chi connectivity index (χ3n) is 4.35. The fourth-order valence-corrected chi connectivity index (χ4v) is 2.91. The average Bonchev–Trinajstić information content (AvgIpc) is 2.80. The smallest absolute Gasteiger partial charge is 0.373 e. The van der Waals surface area contributed by atoms with Gasteiger partial charge in [-0.05, 0) is 48.9 Å². The normalized spacial score (nSPS) is 10.3. The number of benzene rings is 2. The van der Waals surface area contributed by atoms with Crippen molar-refractivity contribution < 1.29 is 28.7 Å². The molecule has 0 aliphatic heterocycles. The van der Waals surface area contributed by atoms with Crippen molar-refractivity contribution in [2.45, 2.75) is 6.92 Å². The lowest BCUT2D eigenvalue weighted by atomic mass is 10.1. The van der Waals surface area contributed by atoms with Gasteiger partial charge in [0.05, 0.1) is 30.3 Å². The van der Waals surface area contributed by atoms with Gasteiger partial charge in [-0.2, -0.15) is 4.98 Å². The van der Waals surface area contributed by atoms with Crippen LogP contribution in [0.25, 0.3) is 0 Å². The highest BCUT2D eigenvalue weighted by atomic mass is 35.5. The zero-order valence-electron chi connectivity index (χ0n) is 17.6. The van der Waals surface area contributed by atoms with Crippen LogP contribution in [-0.4, -0.2) is 41.0 Å². The Morgan fingerprint density at radius 1 is 1.03 bits per heavy atom. The topological polar surface area (TPSA) is 143 Å². The summed E-state index contributed by atoms with van der Waals surface area (Å²) >= 11 is 6.01. The number of nitro groups is 1. The first-order valence-electron chi connectivity index (χ1n) is 9.25. The number of hydrogen-bond acceptors (Lipinski definition) is 10. The fourth-order valence-electron chi connectivity index (χ4n) is 2.79. The summed E-state index contributed by atoms with van der Waals surface area (Å²) in [7, 11) is 2.36. The minimum Gasteiger partial charge on any atom is -0.465 e. The monoisotopic (exact) mass is 472 g/mol. The van der Waals surface area contributed by atoms with Gasteiger partial charge < -0.3 is 19.5 Å². The number of hydrogen-bond donors (Lipinski definition) is 1. The fraction of sp³-hybridized carbons (Fsp3) is 0.143. The number of anilines is 2. The molecule has 3 rings (SSSR count). The standard InChI is InChI=1S/C21H17ClN4O7/c1-11-6-15(4-5-16(11)22)33-19-17(26(29)30)18(23-10-24-19)25-14-8-12(20(27)31-2)7-13(9-14)21(28)32-3/h4-10H,1-3H3,(H,23,24,25). The zero-order valence-corrected chi connectivity index (χ0v) is 18.4. The van der Waals surface area contributed by atoms with E-state index < -0.39 is 22.5 Å². The lowest BCUT2D eigenvalue weighted by Crippen LogP contribution is -2.09. The van der Waals surface area contributed by atoms with Gasteiger partial charge in [-0.25, -0.2) is 14.6 Å². The van der Waals surface area contributed by atoms with Crippen LogP contribution in [0.15, 0.2) is 42.7 Å². The molecule has 0 fully saturated rings. The molecule has 0 aliphatic carbocycles. The maximum atomic E-state index is 12.0. The molecule has 0 radical (unpaired) electrons. The number of halogens is 1. The number of aryl methyl sites for hydroxylation is 1. The summed E-state index contributed by atoms with van der Waals surface area (Å²) in [6.07, 6.45) is 1.07. The van der Waals surface area contributed by atoms with Gasteiger partial charge in [0.2, 0.25) is 5.82 Å². The summed E-state index contributed by atoms with van der Waals surface area (Å²) in [6.45, 7) is 1.75. The Bertz CT molecular complexity index is 1220. The van der Waals surface area contributed by atoms with Gasteiger partial charge in [0.1, 0.15) is 12.1 Å². The van der Waals surface area contributed by atoms with E-state index in [2.05, 4.69) is 15.3 Å². The summed E-state index contributed by atoms with van der Waals surface area (Å²) < 4.78 is 15.0. The Hall–Kier alpha value is -4.25. The van der Waals surface area contributed by atoms with E-state index in [1.54, 1.807) is 19.1 Å². The summed E-state index contributed by atoms with van der Waals surface area (Å²) in [4.78, 5) is 42.9. The first-order chi connectivity index (χ1) is 15.7. The van der Waals surface area contributed by atoms with Crippen LogP contribution >= 0.6 is 11.6 Å². The molecular weight excluding hydrogens is 456 g/mol. The number of aromatic nitrogens is 2. The van der Waals surface area contributed by atoms with E-state index in [0.717, 1.165) is 6.33 Å². The number of carbonyl (C=O) groups is 2. The Morgan fingerprint density at radius 3 is 2.21 bits per heavy atom. The van der Waals surface area contributed by atoms with E-state index in [1.807, 2.05) is 0 Å². The molecule has 1 heterocycles. The highest BCUT2D eigenvalue weighted by Gasteiger charge is 2.26. The van der Waals surface area contributed by atoms with Gasteiger partial charge in [0.15, 0.2) is 0 Å². The molecule has 1 aromatic heterocycles. The number of carbonyl (C=O) groups excluding carboxylic acids is 2. The number of methoxy groups -OCH3 is 2. The Labute approximate surface area is 192 Å². The van der Waals surface area contributed by atoms with Crippen LogP contribution < -0.4 is 10.1 Å². The summed E-state index contributed by atoms with van der Waals surface area (Å²) in [5.74, 6) is -1.71. The molecule has 33 heavy (non-hydrogen) atoms. The van der Waals surface area contributed by atoms with Gasteiger partial charge in [0.25, 0.3) is 0 Å². The quantitative estimate of drug-likeness (QED) is 0.297. The van der Waals surface area contributed by atoms with Crippen LogP contribution in [0.2, 0.25) is 5.02 Å². The van der Waals surface area contributed by atoms with Crippen LogP contribution in [0.5, 0.6) is 11.6 Å². The van der Waals surface area contributed by atoms with Crippen molar-refractivity contribution in [1.82, 2.24) is 9.97 Å². The summed E-state index contributed by atoms with van der Waals surface area (Å²) in [5, 5.41) is 15.1. The third-order valence-corrected chi connectivity index (χ3v) is 4.78. The van der Waals surface area contributed by atoms with Crippen LogP contribution in [-0.2, 0) is 9.47 Å². The van der Waals surface area contributed by atoms with E-state index in [0.29, 0.717) is 10.6 Å². The maximum absolute atomic E-state index is 12.0. The number of esters is 2. The molecule has 0 unspecified atom stereocenters. The molecule has 12 heteroatoms. The molecule has 0 saturated carbocycles. The third kappa shape index (κ3) is 5.33. The first kappa shape index (κ1) is 23.4. The predicted molar refractivity (Wildman–Crippen MR) is 117 cm³/mol. The first-order valence-corrected chi connectivity index (χ1v) is 9.63. The number of nitrogens with zero attached hydrogens (tertiary/aromatic N) is 3. The van der Waals surface area contributed by atoms with Gasteiger partial charge in [-0.3, -0.25) is 10.1 Å². The minimum atomic E-state index is -0.719. The number of nitrogens with one attached hydrogen (secondary N) is 1. The zero-order chi connectivity index (χ0) is 24.1. The van der Waals surface area contributed by atoms with Crippen molar-refractivity contribution in [2.24, 2.45) is 0 Å². The lowest BCUT2D eigenvalue weighted by molar-refractivity contribution is -0.385. The number of rotatable bonds is 7. The van der Waals surface area contributed by atoms with Crippen molar-refractivity contribution in [1.29, 1.82) is 0 Å². The summed E-state index contributed by atoms with van der Waals surface area (Å²) in [6, 6.07) is 8.68. The molecule has 170 valence electrons. The van der Waals surface area contributed by atoms with Crippen molar-refractivity contribution in [2.75, 3.05) is 19.5 Å². The Morgan fingerprint density at radius 2 is 1.67 bits per heavy atom. The second-order valence-electron chi connectivity index (χ2n) is 6.55.